The third-order valence-electron chi connectivity index (χ3n) is 4.07. The van der Waals surface area contributed by atoms with Crippen LogP contribution >= 0.6 is 11.3 Å². The summed E-state index contributed by atoms with van der Waals surface area (Å²) < 4.78 is 12.2. The number of nitro groups is 1. The minimum absolute atomic E-state index is 0.0590. The Morgan fingerprint density at radius 2 is 2.11 bits per heavy atom. The van der Waals surface area contributed by atoms with E-state index in [1.807, 2.05) is 0 Å². The van der Waals surface area contributed by atoms with Crippen LogP contribution in [0.4, 0.5) is 10.8 Å². The van der Waals surface area contributed by atoms with Crippen LogP contribution in [0.2, 0.25) is 0 Å². The number of para-hydroxylation sites is 1. The summed E-state index contributed by atoms with van der Waals surface area (Å²) in [5, 5.41) is 17.2. The largest absolute Gasteiger partial charge is 0.497 e. The molecule has 4 rings (SSSR count). The maximum Gasteiger partial charge on any atom is 0.432 e. The Labute approximate surface area is 161 Å². The summed E-state index contributed by atoms with van der Waals surface area (Å²) in [6, 6.07) is 11.8. The van der Waals surface area contributed by atoms with E-state index in [1.54, 1.807) is 43.5 Å². The van der Waals surface area contributed by atoms with Crippen LogP contribution in [0.15, 0.2) is 51.8 Å². The van der Waals surface area contributed by atoms with E-state index in [1.165, 1.54) is 22.1 Å². The second kappa shape index (κ2) is 7.12. The zero-order valence-corrected chi connectivity index (χ0v) is 15.4. The van der Waals surface area contributed by atoms with Gasteiger partial charge in [0.25, 0.3) is 5.69 Å². The number of nitro benzene ring substituents is 1. The number of rotatable bonds is 6. The molecule has 0 bridgehead atoms. The molecule has 10 nitrogen and oxygen atoms in total. The highest BCUT2D eigenvalue weighted by atomic mass is 32.1. The fourth-order valence-corrected chi connectivity index (χ4v) is 3.58. The Morgan fingerprint density at radius 1 is 1.32 bits per heavy atom. The molecule has 0 amide bonds. The molecular weight excluding hydrogens is 386 g/mol. The Kier molecular flexibility index (Phi) is 4.49. The van der Waals surface area contributed by atoms with Crippen LogP contribution in [0, 0.1) is 10.1 Å². The van der Waals surface area contributed by atoms with E-state index in [2.05, 4.69) is 15.6 Å². The van der Waals surface area contributed by atoms with Gasteiger partial charge >= 0.3 is 11.3 Å². The van der Waals surface area contributed by atoms with Gasteiger partial charge in [-0.05, 0) is 28.2 Å². The van der Waals surface area contributed by atoms with Gasteiger partial charge in [-0.15, -0.1) is 0 Å². The quantitative estimate of drug-likeness (QED) is 0.289. The number of aromatic amines is 1. The van der Waals surface area contributed by atoms with Crippen molar-refractivity contribution < 1.29 is 18.9 Å². The van der Waals surface area contributed by atoms with E-state index in [9.17, 15) is 14.9 Å². The number of aromatic nitrogens is 3. The van der Waals surface area contributed by atoms with Gasteiger partial charge in [-0.3, -0.25) is 14.6 Å². The highest BCUT2D eigenvalue weighted by molar-refractivity contribution is 7.22. The number of benzene rings is 2. The molecular formula is C17H14N5O5S+. The standard InChI is InChI=1S/C17H13N5O5S/c1-26-11-7-5-10(6-8-11)21-13(16(23)27-20-21)9-18-17-19-15-12(22(24)25)3-2-4-14(15)28-17/h2-8H,9H2,1H3,(H-,18,19,20,23)/p+1. The molecule has 0 unspecified atom stereocenters. The first kappa shape index (κ1) is 17.7. The summed E-state index contributed by atoms with van der Waals surface area (Å²) in [7, 11) is 1.57. The molecule has 0 aliphatic rings. The Balaban J connectivity index is 1.61. The number of non-ortho nitro benzene ring substituents is 1. The molecule has 0 fully saturated rings. The van der Waals surface area contributed by atoms with E-state index < -0.39 is 10.5 Å². The highest BCUT2D eigenvalue weighted by Gasteiger charge is 2.24. The number of hydrogen-bond donors (Lipinski definition) is 2. The van der Waals surface area contributed by atoms with Crippen LogP contribution in [0.5, 0.6) is 5.75 Å². The number of methoxy groups -OCH3 is 1. The highest BCUT2D eigenvalue weighted by Crippen LogP contribution is 2.32. The summed E-state index contributed by atoms with van der Waals surface area (Å²) >= 11 is 1.27. The topological polar surface area (TPSA) is 127 Å². The first-order valence-electron chi connectivity index (χ1n) is 8.11. The second-order valence-corrected chi connectivity index (χ2v) is 6.75. The second-order valence-electron chi connectivity index (χ2n) is 5.71. The Morgan fingerprint density at radius 3 is 2.82 bits per heavy atom. The lowest BCUT2D eigenvalue weighted by Crippen LogP contribution is -2.39. The van der Waals surface area contributed by atoms with E-state index in [0.29, 0.717) is 32.5 Å². The Hall–Kier alpha value is -3.73. The summed E-state index contributed by atoms with van der Waals surface area (Å²) in [6.45, 7) is 0.117. The molecule has 2 heterocycles. The molecule has 0 aliphatic heterocycles. The third kappa shape index (κ3) is 3.18. The number of nitrogens with zero attached hydrogens (tertiary/aromatic N) is 3. The predicted octanol–water partition coefficient (Wildman–Crippen LogP) is 2.38. The van der Waals surface area contributed by atoms with Crippen molar-refractivity contribution >= 4 is 32.4 Å². The molecule has 4 aromatic rings. The maximum absolute atomic E-state index is 12.1. The number of fused-ring (bicyclic) bond motifs is 1. The first-order chi connectivity index (χ1) is 13.6. The van der Waals surface area contributed by atoms with Crippen molar-refractivity contribution in [1.29, 1.82) is 0 Å². The van der Waals surface area contributed by atoms with Crippen molar-refractivity contribution in [2.75, 3.05) is 12.4 Å². The lowest BCUT2D eigenvalue weighted by Gasteiger charge is -1.99. The predicted molar refractivity (Wildman–Crippen MR) is 101 cm³/mol. The lowest BCUT2D eigenvalue weighted by molar-refractivity contribution is -0.677. The van der Waals surface area contributed by atoms with Crippen molar-refractivity contribution in [3.63, 3.8) is 0 Å². The number of anilines is 1. The molecule has 0 atom stereocenters. The Bertz CT molecular complexity index is 1210. The molecule has 0 saturated carbocycles. The van der Waals surface area contributed by atoms with Crippen molar-refractivity contribution in [2.45, 2.75) is 6.54 Å². The van der Waals surface area contributed by atoms with Crippen LogP contribution in [0.1, 0.15) is 5.69 Å². The number of H-pyrrole nitrogens is 1. The molecule has 11 heteroatoms. The maximum atomic E-state index is 12.1. The average molecular weight is 400 g/mol. The summed E-state index contributed by atoms with van der Waals surface area (Å²) in [5.74, 6) is 0.686. The molecule has 2 aromatic carbocycles. The van der Waals surface area contributed by atoms with Crippen molar-refractivity contribution in [2.24, 2.45) is 0 Å². The van der Waals surface area contributed by atoms with Crippen LogP contribution in [0.3, 0.4) is 0 Å². The SMILES string of the molecule is COc1ccc(-[n+]2[nH]oc(=O)c2CNc2nc3c([N+](=O)[O-])cccc3s2)cc1. The van der Waals surface area contributed by atoms with Gasteiger partial charge in [0, 0.05) is 18.2 Å². The first-order valence-corrected chi connectivity index (χ1v) is 8.93. The smallest absolute Gasteiger partial charge is 0.432 e. The average Bonchev–Trinajstić information content (AvgIpc) is 3.29. The van der Waals surface area contributed by atoms with Crippen molar-refractivity contribution in [1.82, 2.24) is 10.3 Å². The van der Waals surface area contributed by atoms with E-state index in [-0.39, 0.29) is 12.2 Å². The van der Waals surface area contributed by atoms with Gasteiger partial charge in [0.2, 0.25) is 5.69 Å². The van der Waals surface area contributed by atoms with Crippen molar-refractivity contribution in [3.8, 4) is 11.4 Å². The molecule has 142 valence electrons. The zero-order valence-electron chi connectivity index (χ0n) is 14.5. The van der Waals surface area contributed by atoms with Gasteiger partial charge in [0.15, 0.2) is 10.6 Å². The number of nitrogens with one attached hydrogen (secondary N) is 2. The number of hydrogen-bond acceptors (Lipinski definition) is 8. The van der Waals surface area contributed by atoms with E-state index in [4.69, 9.17) is 9.26 Å². The molecule has 0 radical (unpaired) electrons. The summed E-state index contributed by atoms with van der Waals surface area (Å²) in [4.78, 5) is 27.0. The normalized spacial score (nSPS) is 10.9. The molecule has 0 saturated heterocycles. The van der Waals surface area contributed by atoms with Gasteiger partial charge in [0.05, 0.1) is 16.7 Å². The molecule has 0 spiro atoms. The molecule has 0 aliphatic carbocycles. The molecule has 2 N–H and O–H groups in total. The molecule has 2 aromatic heterocycles. The van der Waals surface area contributed by atoms with Crippen LogP contribution in [0.25, 0.3) is 15.9 Å². The molecule has 28 heavy (non-hydrogen) atoms. The van der Waals surface area contributed by atoms with Gasteiger partial charge in [-0.25, -0.2) is 9.78 Å². The third-order valence-corrected chi connectivity index (χ3v) is 5.05. The summed E-state index contributed by atoms with van der Waals surface area (Å²) in [6.07, 6.45) is 0. The minimum Gasteiger partial charge on any atom is -0.497 e. The summed E-state index contributed by atoms with van der Waals surface area (Å²) in [5.41, 5.74) is 0.720. The van der Waals surface area contributed by atoms with Crippen LogP contribution in [-0.2, 0) is 6.54 Å². The van der Waals surface area contributed by atoms with Crippen LogP contribution in [-0.4, -0.2) is 22.3 Å². The number of ether oxygens (including phenoxy) is 1. The van der Waals surface area contributed by atoms with Crippen molar-refractivity contribution in [3.05, 3.63) is 68.7 Å². The monoisotopic (exact) mass is 400 g/mol. The van der Waals surface area contributed by atoms with Gasteiger partial charge in [0.1, 0.15) is 12.3 Å². The van der Waals surface area contributed by atoms with E-state index in [0.717, 1.165) is 0 Å². The van der Waals surface area contributed by atoms with Gasteiger partial charge < -0.3 is 10.1 Å². The van der Waals surface area contributed by atoms with Gasteiger partial charge in [-0.1, -0.05) is 17.4 Å². The van der Waals surface area contributed by atoms with E-state index >= 15 is 0 Å². The van der Waals surface area contributed by atoms with Crippen LogP contribution < -0.4 is 20.4 Å². The minimum atomic E-state index is -0.532. The number of thiazole rings is 1. The zero-order chi connectivity index (χ0) is 19.7. The fraction of sp³-hybridized carbons (Fsp3) is 0.118. The lowest BCUT2D eigenvalue weighted by atomic mass is 10.3. The fourth-order valence-electron chi connectivity index (χ4n) is 2.70. The van der Waals surface area contributed by atoms with Gasteiger partial charge in [-0.2, -0.15) is 0 Å².